The minimum absolute atomic E-state index is 0.391. The highest BCUT2D eigenvalue weighted by molar-refractivity contribution is 5.80. The molecule has 1 aromatic carbocycles. The molecule has 0 spiro atoms. The minimum Gasteiger partial charge on any atom is -0.399 e. The van der Waals surface area contributed by atoms with E-state index < -0.39 is 0 Å². The van der Waals surface area contributed by atoms with Crippen LogP contribution in [0.25, 0.3) is 11.0 Å². The predicted octanol–water partition coefficient (Wildman–Crippen LogP) is 2.37. The fourth-order valence-corrected chi connectivity index (χ4v) is 2.64. The smallest absolute Gasteiger partial charge is 0.201 e. The zero-order chi connectivity index (χ0) is 13.2. The fourth-order valence-electron chi connectivity index (χ4n) is 2.64. The van der Waals surface area contributed by atoms with Gasteiger partial charge in [-0.05, 0) is 43.9 Å². The number of aromatic nitrogens is 2. The van der Waals surface area contributed by atoms with Gasteiger partial charge in [0.25, 0.3) is 0 Å². The van der Waals surface area contributed by atoms with E-state index in [1.54, 1.807) is 0 Å². The summed E-state index contributed by atoms with van der Waals surface area (Å²) in [6.07, 6.45) is 2.22. The van der Waals surface area contributed by atoms with Gasteiger partial charge in [0.2, 0.25) is 5.95 Å². The maximum atomic E-state index is 5.77. The van der Waals surface area contributed by atoms with E-state index in [9.17, 15) is 0 Å². The summed E-state index contributed by atoms with van der Waals surface area (Å²) in [5.41, 5.74) is 8.43. The van der Waals surface area contributed by atoms with Crippen molar-refractivity contribution < 1.29 is 4.74 Å². The van der Waals surface area contributed by atoms with E-state index in [2.05, 4.69) is 22.2 Å². The second kappa shape index (κ2) is 5.09. The maximum absolute atomic E-state index is 5.77. The van der Waals surface area contributed by atoms with Crippen molar-refractivity contribution in [3.8, 4) is 0 Å². The molecule has 2 aromatic rings. The minimum atomic E-state index is 0.391. The number of ether oxygens (including phenoxy) is 1. The Hall–Kier alpha value is -1.75. The Morgan fingerprint density at radius 1 is 1.42 bits per heavy atom. The lowest BCUT2D eigenvalue weighted by Gasteiger charge is -2.28. The first-order chi connectivity index (χ1) is 9.22. The Balaban J connectivity index is 1.73. The highest BCUT2D eigenvalue weighted by Crippen LogP contribution is 2.22. The van der Waals surface area contributed by atoms with Gasteiger partial charge in [0.15, 0.2) is 0 Å². The third kappa shape index (κ3) is 2.66. The average molecular weight is 260 g/mol. The van der Waals surface area contributed by atoms with Crippen molar-refractivity contribution in [1.29, 1.82) is 0 Å². The van der Waals surface area contributed by atoms with Crippen molar-refractivity contribution in [2.24, 2.45) is 5.92 Å². The third-order valence-corrected chi connectivity index (χ3v) is 3.84. The van der Waals surface area contributed by atoms with E-state index in [0.717, 1.165) is 48.7 Å². The molecule has 19 heavy (non-hydrogen) atoms. The molecule has 3 rings (SSSR count). The molecular weight excluding hydrogens is 240 g/mol. The van der Waals surface area contributed by atoms with Crippen LogP contribution in [0.2, 0.25) is 0 Å². The topological polar surface area (TPSA) is 76.0 Å². The van der Waals surface area contributed by atoms with Crippen molar-refractivity contribution >= 4 is 22.7 Å². The number of hydrogen-bond acceptors (Lipinski definition) is 4. The standard InChI is InChI=1S/C14H20N4O/c1-9(10-4-6-19-7-5-10)16-14-17-12-3-2-11(15)8-13(12)18-14/h2-3,8-10H,4-7,15H2,1H3,(H2,16,17,18). The number of nitrogens with two attached hydrogens (primary N) is 1. The lowest BCUT2D eigenvalue weighted by atomic mass is 9.93. The Kier molecular flexibility index (Phi) is 3.29. The summed E-state index contributed by atoms with van der Waals surface area (Å²) in [5, 5.41) is 3.46. The number of nitrogens with zero attached hydrogens (tertiary/aromatic N) is 1. The molecule has 1 saturated heterocycles. The normalized spacial score (nSPS) is 18.6. The van der Waals surface area contributed by atoms with Crippen LogP contribution in [0.4, 0.5) is 11.6 Å². The first-order valence-corrected chi connectivity index (χ1v) is 6.82. The molecule has 0 amide bonds. The van der Waals surface area contributed by atoms with E-state index in [1.807, 2.05) is 18.2 Å². The fraction of sp³-hybridized carbons (Fsp3) is 0.500. The maximum Gasteiger partial charge on any atom is 0.201 e. The quantitative estimate of drug-likeness (QED) is 0.741. The molecule has 1 atom stereocenters. The average Bonchev–Trinajstić information content (AvgIpc) is 2.81. The van der Waals surface area contributed by atoms with Crippen LogP contribution in [-0.2, 0) is 4.74 Å². The lowest BCUT2D eigenvalue weighted by molar-refractivity contribution is 0.0622. The number of hydrogen-bond donors (Lipinski definition) is 3. The molecule has 2 heterocycles. The number of aromatic amines is 1. The SMILES string of the molecule is CC(Nc1nc2ccc(N)cc2[nH]1)C1CCOCC1. The van der Waals surface area contributed by atoms with Crippen LogP contribution in [0.15, 0.2) is 18.2 Å². The predicted molar refractivity (Wildman–Crippen MR) is 77.1 cm³/mol. The van der Waals surface area contributed by atoms with Gasteiger partial charge in [-0.15, -0.1) is 0 Å². The number of benzene rings is 1. The summed E-state index contributed by atoms with van der Waals surface area (Å²) in [4.78, 5) is 7.81. The van der Waals surface area contributed by atoms with Gasteiger partial charge in [-0.1, -0.05) is 0 Å². The molecule has 0 radical (unpaired) electrons. The molecule has 5 nitrogen and oxygen atoms in total. The second-order valence-electron chi connectivity index (χ2n) is 5.24. The first kappa shape index (κ1) is 12.3. The van der Waals surface area contributed by atoms with Crippen molar-refractivity contribution in [2.45, 2.75) is 25.8 Å². The van der Waals surface area contributed by atoms with E-state index in [-0.39, 0.29) is 0 Å². The molecule has 1 aliphatic rings. The molecule has 5 heteroatoms. The number of imidazole rings is 1. The second-order valence-corrected chi connectivity index (χ2v) is 5.24. The molecule has 1 unspecified atom stereocenters. The Morgan fingerprint density at radius 3 is 3.00 bits per heavy atom. The molecule has 0 aliphatic carbocycles. The van der Waals surface area contributed by atoms with Crippen LogP contribution in [0.5, 0.6) is 0 Å². The number of nitrogens with one attached hydrogen (secondary N) is 2. The summed E-state index contributed by atoms with van der Waals surface area (Å²) >= 11 is 0. The van der Waals surface area contributed by atoms with Gasteiger partial charge in [-0.3, -0.25) is 0 Å². The molecule has 1 aliphatic heterocycles. The number of rotatable bonds is 3. The van der Waals surface area contributed by atoms with Crippen molar-refractivity contribution in [3.05, 3.63) is 18.2 Å². The number of H-pyrrole nitrogens is 1. The van der Waals surface area contributed by atoms with Crippen molar-refractivity contribution in [1.82, 2.24) is 9.97 Å². The number of fused-ring (bicyclic) bond motifs is 1. The lowest BCUT2D eigenvalue weighted by Crippen LogP contribution is -2.31. The Morgan fingerprint density at radius 2 is 2.21 bits per heavy atom. The molecule has 0 bridgehead atoms. The van der Waals surface area contributed by atoms with Crippen LogP contribution in [-0.4, -0.2) is 29.2 Å². The van der Waals surface area contributed by atoms with Crippen LogP contribution < -0.4 is 11.1 Å². The summed E-state index contributed by atoms with van der Waals surface area (Å²) in [6.45, 7) is 3.94. The molecule has 102 valence electrons. The van der Waals surface area contributed by atoms with Crippen LogP contribution in [0.3, 0.4) is 0 Å². The van der Waals surface area contributed by atoms with E-state index in [4.69, 9.17) is 10.5 Å². The van der Waals surface area contributed by atoms with Gasteiger partial charge in [0, 0.05) is 24.9 Å². The van der Waals surface area contributed by atoms with Crippen molar-refractivity contribution in [2.75, 3.05) is 24.3 Å². The Bertz CT molecular complexity index is 560. The van der Waals surface area contributed by atoms with E-state index in [0.29, 0.717) is 12.0 Å². The van der Waals surface area contributed by atoms with Gasteiger partial charge < -0.3 is 20.8 Å². The summed E-state index contributed by atoms with van der Waals surface area (Å²) in [6, 6.07) is 6.11. The van der Waals surface area contributed by atoms with Crippen LogP contribution in [0, 0.1) is 5.92 Å². The van der Waals surface area contributed by atoms with Gasteiger partial charge >= 0.3 is 0 Å². The molecular formula is C14H20N4O. The van der Waals surface area contributed by atoms with Crippen LogP contribution in [0.1, 0.15) is 19.8 Å². The van der Waals surface area contributed by atoms with Gasteiger partial charge in [0.1, 0.15) is 0 Å². The zero-order valence-corrected chi connectivity index (χ0v) is 11.1. The molecule has 1 aromatic heterocycles. The summed E-state index contributed by atoms with van der Waals surface area (Å²) in [7, 11) is 0. The molecule has 1 fully saturated rings. The molecule has 4 N–H and O–H groups in total. The van der Waals surface area contributed by atoms with Gasteiger partial charge in [-0.25, -0.2) is 4.98 Å². The van der Waals surface area contributed by atoms with Gasteiger partial charge in [-0.2, -0.15) is 0 Å². The Labute approximate surface area is 112 Å². The highest BCUT2D eigenvalue weighted by atomic mass is 16.5. The monoisotopic (exact) mass is 260 g/mol. The summed E-state index contributed by atoms with van der Waals surface area (Å²) < 4.78 is 5.40. The number of anilines is 2. The first-order valence-electron chi connectivity index (χ1n) is 6.82. The number of nitrogen functional groups attached to an aromatic ring is 1. The molecule has 0 saturated carbocycles. The highest BCUT2D eigenvalue weighted by Gasteiger charge is 2.21. The van der Waals surface area contributed by atoms with E-state index in [1.165, 1.54) is 0 Å². The zero-order valence-electron chi connectivity index (χ0n) is 11.1. The third-order valence-electron chi connectivity index (χ3n) is 3.84. The summed E-state index contributed by atoms with van der Waals surface area (Å²) in [5.74, 6) is 1.46. The van der Waals surface area contributed by atoms with Crippen molar-refractivity contribution in [3.63, 3.8) is 0 Å². The largest absolute Gasteiger partial charge is 0.399 e. The van der Waals surface area contributed by atoms with Crippen LogP contribution >= 0.6 is 0 Å². The van der Waals surface area contributed by atoms with Gasteiger partial charge in [0.05, 0.1) is 11.0 Å². The van der Waals surface area contributed by atoms with E-state index >= 15 is 0 Å².